The zero-order valence-electron chi connectivity index (χ0n) is 10.9. The van der Waals surface area contributed by atoms with Gasteiger partial charge in [-0.3, -0.25) is 0 Å². The maximum atomic E-state index is 10.3. The Labute approximate surface area is 106 Å². The number of rotatable bonds is 2. The van der Waals surface area contributed by atoms with E-state index in [2.05, 4.69) is 5.16 Å². The van der Waals surface area contributed by atoms with Crippen LogP contribution in [0.4, 0.5) is 5.69 Å². The number of nitrogen functional groups attached to an aromatic ring is 1. The summed E-state index contributed by atoms with van der Waals surface area (Å²) < 4.78 is 5.48. The summed E-state index contributed by atoms with van der Waals surface area (Å²) in [5.74, 6) is 0.517. The normalized spacial score (nSPS) is 16.4. The smallest absolute Gasteiger partial charge is 0.175 e. The van der Waals surface area contributed by atoms with Crippen LogP contribution in [-0.4, -0.2) is 10.3 Å². The summed E-state index contributed by atoms with van der Waals surface area (Å²) >= 11 is 0. The van der Waals surface area contributed by atoms with E-state index in [0.717, 1.165) is 16.6 Å². The van der Waals surface area contributed by atoms with Gasteiger partial charge in [-0.25, -0.2) is 0 Å². The molecular weight excluding hydrogens is 228 g/mol. The molecule has 0 radical (unpaired) electrons. The van der Waals surface area contributed by atoms with Crippen LogP contribution in [0.2, 0.25) is 0 Å². The number of aryl methyl sites for hydroxylation is 1. The average Bonchev–Trinajstić information content (AvgIpc) is 2.97. The van der Waals surface area contributed by atoms with E-state index in [-0.39, 0.29) is 0 Å². The second-order valence-corrected chi connectivity index (χ2v) is 5.76. The first kappa shape index (κ1) is 11.5. The van der Waals surface area contributed by atoms with Crippen LogP contribution in [0.1, 0.15) is 49.4 Å². The number of hydrogen-bond donors (Lipinski definition) is 2. The first-order chi connectivity index (χ1) is 8.39. The number of fused-ring (bicyclic) bond motifs is 1. The molecule has 2 aromatic rings. The largest absolute Gasteiger partial charge is 0.398 e. The molecule has 0 saturated heterocycles. The predicted molar refractivity (Wildman–Crippen MR) is 70.4 cm³/mol. The van der Waals surface area contributed by atoms with Gasteiger partial charge in [0, 0.05) is 17.0 Å². The van der Waals surface area contributed by atoms with Crippen molar-refractivity contribution in [3.8, 4) is 0 Å². The summed E-state index contributed by atoms with van der Waals surface area (Å²) in [5, 5.41) is 15.5. The second-order valence-electron chi connectivity index (χ2n) is 5.76. The van der Waals surface area contributed by atoms with Crippen molar-refractivity contribution in [1.29, 1.82) is 0 Å². The highest BCUT2D eigenvalue weighted by Gasteiger charge is 2.33. The number of nitrogens with two attached hydrogens (primary N) is 1. The molecule has 1 aromatic carbocycles. The Morgan fingerprint density at radius 3 is 2.67 bits per heavy atom. The lowest BCUT2D eigenvalue weighted by Gasteiger charge is -2.20. The van der Waals surface area contributed by atoms with E-state index in [1.807, 2.05) is 13.0 Å². The van der Waals surface area contributed by atoms with Gasteiger partial charge in [-0.05, 0) is 45.2 Å². The molecule has 1 aliphatic carbocycles. The highest BCUT2D eigenvalue weighted by Crippen LogP contribution is 2.45. The van der Waals surface area contributed by atoms with Gasteiger partial charge in [0.15, 0.2) is 5.58 Å². The average molecular weight is 246 g/mol. The molecule has 1 aliphatic rings. The van der Waals surface area contributed by atoms with E-state index in [1.165, 1.54) is 12.8 Å². The maximum absolute atomic E-state index is 10.3. The summed E-state index contributed by atoms with van der Waals surface area (Å²) in [6, 6.07) is 1.90. The van der Waals surface area contributed by atoms with Gasteiger partial charge in [-0.2, -0.15) is 0 Å². The third-order valence-electron chi connectivity index (χ3n) is 3.58. The van der Waals surface area contributed by atoms with Crippen molar-refractivity contribution in [2.75, 3.05) is 5.73 Å². The molecule has 96 valence electrons. The molecule has 1 saturated carbocycles. The van der Waals surface area contributed by atoms with Crippen molar-refractivity contribution in [2.45, 2.75) is 45.1 Å². The van der Waals surface area contributed by atoms with Crippen molar-refractivity contribution < 1.29 is 9.63 Å². The Morgan fingerprint density at radius 1 is 1.44 bits per heavy atom. The van der Waals surface area contributed by atoms with Gasteiger partial charge in [0.2, 0.25) is 0 Å². The molecule has 0 spiro atoms. The lowest BCUT2D eigenvalue weighted by Crippen LogP contribution is -2.18. The van der Waals surface area contributed by atoms with Crippen LogP contribution < -0.4 is 5.73 Å². The quantitative estimate of drug-likeness (QED) is 0.799. The summed E-state index contributed by atoms with van der Waals surface area (Å²) in [7, 11) is 0. The molecule has 1 fully saturated rings. The van der Waals surface area contributed by atoms with Gasteiger partial charge < -0.3 is 15.4 Å². The molecule has 0 bridgehead atoms. The third-order valence-corrected chi connectivity index (χ3v) is 3.58. The minimum absolute atomic E-state index is 0.517. The molecule has 0 aliphatic heterocycles. The van der Waals surface area contributed by atoms with Gasteiger partial charge in [-0.1, -0.05) is 5.16 Å². The fourth-order valence-electron chi connectivity index (χ4n) is 2.63. The van der Waals surface area contributed by atoms with Crippen molar-refractivity contribution in [3.63, 3.8) is 0 Å². The van der Waals surface area contributed by atoms with E-state index in [1.54, 1.807) is 13.8 Å². The first-order valence-corrected chi connectivity index (χ1v) is 6.31. The number of anilines is 1. The number of nitrogens with zero attached hydrogens (tertiary/aromatic N) is 1. The summed E-state index contributed by atoms with van der Waals surface area (Å²) in [4.78, 5) is 0. The SMILES string of the molecule is Cc1cc(N)c(C(C)(C)O)c2onc(C3CC3)c12. The highest BCUT2D eigenvalue weighted by atomic mass is 16.5. The third kappa shape index (κ3) is 1.60. The standard InChI is InChI=1S/C14H18N2O2/c1-7-6-9(15)11(14(2,3)17)13-10(7)12(16-18-13)8-4-5-8/h6,8,17H,4-5,15H2,1-3H3. The predicted octanol–water partition coefficient (Wildman–Crippen LogP) is 2.82. The van der Waals surface area contributed by atoms with E-state index in [4.69, 9.17) is 10.3 Å². The van der Waals surface area contributed by atoms with Crippen LogP contribution in [0.15, 0.2) is 10.6 Å². The Kier molecular flexibility index (Phi) is 2.23. The Morgan fingerprint density at radius 2 is 2.11 bits per heavy atom. The maximum Gasteiger partial charge on any atom is 0.175 e. The zero-order chi connectivity index (χ0) is 13.1. The minimum atomic E-state index is -1.03. The van der Waals surface area contributed by atoms with Crippen LogP contribution >= 0.6 is 0 Å². The molecule has 0 unspecified atom stereocenters. The molecule has 4 heteroatoms. The lowest BCUT2D eigenvalue weighted by atomic mass is 9.92. The number of aliphatic hydroxyl groups is 1. The van der Waals surface area contributed by atoms with Gasteiger partial charge >= 0.3 is 0 Å². The van der Waals surface area contributed by atoms with E-state index in [0.29, 0.717) is 22.8 Å². The molecular formula is C14H18N2O2. The van der Waals surface area contributed by atoms with E-state index in [9.17, 15) is 5.11 Å². The van der Waals surface area contributed by atoms with Crippen LogP contribution in [0, 0.1) is 6.92 Å². The number of benzene rings is 1. The van der Waals surface area contributed by atoms with Crippen molar-refractivity contribution in [2.24, 2.45) is 0 Å². The fourth-order valence-corrected chi connectivity index (χ4v) is 2.63. The topological polar surface area (TPSA) is 72.3 Å². The highest BCUT2D eigenvalue weighted by molar-refractivity contribution is 5.91. The molecule has 1 heterocycles. The Bertz CT molecular complexity index is 619. The monoisotopic (exact) mass is 246 g/mol. The van der Waals surface area contributed by atoms with Crippen molar-refractivity contribution in [3.05, 3.63) is 22.9 Å². The number of hydrogen-bond acceptors (Lipinski definition) is 4. The first-order valence-electron chi connectivity index (χ1n) is 6.31. The second kappa shape index (κ2) is 3.48. The van der Waals surface area contributed by atoms with Crippen LogP contribution in [0.3, 0.4) is 0 Å². The molecule has 18 heavy (non-hydrogen) atoms. The fraction of sp³-hybridized carbons (Fsp3) is 0.500. The Balaban J connectivity index is 2.36. The molecule has 0 amide bonds. The molecule has 3 N–H and O–H groups in total. The van der Waals surface area contributed by atoms with Crippen molar-refractivity contribution >= 4 is 16.7 Å². The van der Waals surface area contributed by atoms with Gasteiger partial charge in [0.1, 0.15) is 0 Å². The van der Waals surface area contributed by atoms with Crippen LogP contribution in [-0.2, 0) is 5.60 Å². The van der Waals surface area contributed by atoms with Crippen molar-refractivity contribution in [1.82, 2.24) is 5.16 Å². The molecule has 1 aromatic heterocycles. The van der Waals surface area contributed by atoms with E-state index < -0.39 is 5.60 Å². The van der Waals surface area contributed by atoms with Crippen LogP contribution in [0.25, 0.3) is 11.0 Å². The minimum Gasteiger partial charge on any atom is -0.398 e. The molecule has 4 nitrogen and oxygen atoms in total. The summed E-state index contributed by atoms with van der Waals surface area (Å²) in [6.45, 7) is 5.44. The van der Waals surface area contributed by atoms with Gasteiger partial charge in [0.25, 0.3) is 0 Å². The van der Waals surface area contributed by atoms with Gasteiger partial charge in [0.05, 0.1) is 16.9 Å². The molecule has 3 rings (SSSR count). The lowest BCUT2D eigenvalue weighted by molar-refractivity contribution is 0.0796. The van der Waals surface area contributed by atoms with Gasteiger partial charge in [-0.15, -0.1) is 0 Å². The number of aromatic nitrogens is 1. The zero-order valence-corrected chi connectivity index (χ0v) is 10.9. The summed E-state index contributed by atoms with van der Waals surface area (Å²) in [6.07, 6.45) is 2.34. The van der Waals surface area contributed by atoms with Crippen LogP contribution in [0.5, 0.6) is 0 Å². The summed E-state index contributed by atoms with van der Waals surface area (Å²) in [5.41, 5.74) is 8.93. The molecule has 0 atom stereocenters. The Hall–Kier alpha value is -1.55. The van der Waals surface area contributed by atoms with E-state index >= 15 is 0 Å².